The molecular weight excluding hydrogens is 310 g/mol. The van der Waals surface area contributed by atoms with Crippen molar-refractivity contribution in [1.29, 1.82) is 0 Å². The van der Waals surface area contributed by atoms with Crippen LogP contribution in [0.5, 0.6) is 0 Å². The van der Waals surface area contributed by atoms with Crippen molar-refractivity contribution in [3.63, 3.8) is 0 Å². The second kappa shape index (κ2) is 5.87. The second-order valence-corrected chi connectivity index (χ2v) is 7.56. The number of aryl methyl sites for hydroxylation is 1. The van der Waals surface area contributed by atoms with Crippen LogP contribution in [0.25, 0.3) is 0 Å². The van der Waals surface area contributed by atoms with E-state index in [1.54, 1.807) is 12.1 Å². The highest BCUT2D eigenvalue weighted by Gasteiger charge is 2.24. The highest BCUT2D eigenvalue weighted by Crippen LogP contribution is 2.27. The minimum absolute atomic E-state index is 0.0157. The number of carboxylic acids is 1. The van der Waals surface area contributed by atoms with Crippen molar-refractivity contribution < 1.29 is 18.3 Å². The molecule has 1 aromatic carbocycles. The summed E-state index contributed by atoms with van der Waals surface area (Å²) in [5.41, 5.74) is 1.64. The van der Waals surface area contributed by atoms with Gasteiger partial charge in [0, 0.05) is 12.4 Å². The first kappa shape index (κ1) is 15.5. The Bertz CT molecular complexity index is 748. The molecule has 1 aromatic heterocycles. The second-order valence-electron chi connectivity index (χ2n) is 4.45. The largest absolute Gasteiger partial charge is 0.478 e. The monoisotopic (exact) mass is 325 g/mol. The SMILES string of the molecule is CCc1ccc(N(C)S(=O)(=O)c2cc(C(=O)O)cs2)cc1. The van der Waals surface area contributed by atoms with Gasteiger partial charge in [0.05, 0.1) is 11.3 Å². The Morgan fingerprint density at radius 1 is 1.29 bits per heavy atom. The Morgan fingerprint density at radius 2 is 1.90 bits per heavy atom. The molecule has 21 heavy (non-hydrogen) atoms. The topological polar surface area (TPSA) is 74.7 Å². The molecule has 0 fully saturated rings. The molecule has 5 nitrogen and oxygen atoms in total. The summed E-state index contributed by atoms with van der Waals surface area (Å²) >= 11 is 0.905. The van der Waals surface area contributed by atoms with Gasteiger partial charge in [0.2, 0.25) is 0 Å². The van der Waals surface area contributed by atoms with Crippen LogP contribution >= 0.6 is 11.3 Å². The van der Waals surface area contributed by atoms with Crippen LogP contribution in [0, 0.1) is 0 Å². The summed E-state index contributed by atoms with van der Waals surface area (Å²) in [5, 5.41) is 10.2. The molecule has 2 rings (SSSR count). The van der Waals surface area contributed by atoms with Crippen molar-refractivity contribution in [1.82, 2.24) is 0 Å². The van der Waals surface area contributed by atoms with E-state index in [-0.39, 0.29) is 9.77 Å². The van der Waals surface area contributed by atoms with E-state index in [9.17, 15) is 13.2 Å². The number of carboxylic acid groups (broad SMARTS) is 1. The first-order valence-electron chi connectivity index (χ1n) is 6.26. The molecule has 0 unspecified atom stereocenters. The number of hydrogen-bond donors (Lipinski definition) is 1. The number of aromatic carboxylic acids is 1. The zero-order chi connectivity index (χ0) is 15.6. The van der Waals surface area contributed by atoms with E-state index in [4.69, 9.17) is 5.11 Å². The van der Waals surface area contributed by atoms with E-state index in [0.717, 1.165) is 27.6 Å². The lowest BCUT2D eigenvalue weighted by atomic mass is 10.1. The first-order valence-corrected chi connectivity index (χ1v) is 8.58. The third-order valence-electron chi connectivity index (χ3n) is 3.15. The Labute approximate surface area is 127 Å². The average molecular weight is 325 g/mol. The fourth-order valence-corrected chi connectivity index (χ4v) is 4.30. The van der Waals surface area contributed by atoms with Crippen molar-refractivity contribution in [3.05, 3.63) is 46.8 Å². The van der Waals surface area contributed by atoms with Gasteiger partial charge in [-0.3, -0.25) is 4.31 Å². The lowest BCUT2D eigenvalue weighted by molar-refractivity contribution is 0.0697. The number of thiophene rings is 1. The van der Waals surface area contributed by atoms with Crippen LogP contribution < -0.4 is 4.31 Å². The van der Waals surface area contributed by atoms with Gasteiger partial charge < -0.3 is 5.11 Å². The minimum Gasteiger partial charge on any atom is -0.478 e. The molecule has 0 saturated heterocycles. The van der Waals surface area contributed by atoms with Gasteiger partial charge in [-0.05, 0) is 30.2 Å². The van der Waals surface area contributed by atoms with E-state index in [1.807, 2.05) is 19.1 Å². The lowest BCUT2D eigenvalue weighted by Gasteiger charge is -2.18. The van der Waals surface area contributed by atoms with Crippen LogP contribution in [-0.2, 0) is 16.4 Å². The predicted octanol–water partition coefficient (Wildman–Crippen LogP) is 2.83. The molecule has 0 spiro atoms. The van der Waals surface area contributed by atoms with Crippen LogP contribution in [0.2, 0.25) is 0 Å². The number of sulfonamides is 1. The van der Waals surface area contributed by atoms with Gasteiger partial charge in [-0.1, -0.05) is 19.1 Å². The smallest absolute Gasteiger partial charge is 0.336 e. The Morgan fingerprint density at radius 3 is 2.38 bits per heavy atom. The summed E-state index contributed by atoms with van der Waals surface area (Å²) in [4.78, 5) is 10.8. The summed E-state index contributed by atoms with van der Waals surface area (Å²) in [7, 11) is -2.28. The number of benzene rings is 1. The third kappa shape index (κ3) is 3.08. The van der Waals surface area contributed by atoms with Gasteiger partial charge in [-0.25, -0.2) is 13.2 Å². The van der Waals surface area contributed by atoms with E-state index >= 15 is 0 Å². The maximum absolute atomic E-state index is 12.5. The van der Waals surface area contributed by atoms with E-state index in [1.165, 1.54) is 18.5 Å². The molecule has 0 atom stereocenters. The van der Waals surface area contributed by atoms with Gasteiger partial charge in [0.1, 0.15) is 4.21 Å². The number of carbonyl (C=O) groups is 1. The number of rotatable bonds is 5. The van der Waals surface area contributed by atoms with Crippen molar-refractivity contribution in [2.24, 2.45) is 0 Å². The highest BCUT2D eigenvalue weighted by molar-refractivity contribution is 7.94. The van der Waals surface area contributed by atoms with Gasteiger partial charge in [0.15, 0.2) is 0 Å². The first-order chi connectivity index (χ1) is 9.86. The van der Waals surface area contributed by atoms with Gasteiger partial charge in [-0.2, -0.15) is 0 Å². The molecule has 7 heteroatoms. The Kier molecular flexibility index (Phi) is 4.34. The summed E-state index contributed by atoms with van der Waals surface area (Å²) in [6.07, 6.45) is 0.879. The molecular formula is C14H15NO4S2. The third-order valence-corrected chi connectivity index (χ3v) is 6.35. The highest BCUT2D eigenvalue weighted by atomic mass is 32.2. The Balaban J connectivity index is 2.34. The maximum Gasteiger partial charge on any atom is 0.336 e. The van der Waals surface area contributed by atoms with Gasteiger partial charge >= 0.3 is 5.97 Å². The fraction of sp³-hybridized carbons (Fsp3) is 0.214. The standard InChI is InChI=1S/C14H15NO4S2/c1-3-10-4-6-12(7-5-10)15(2)21(18,19)13-8-11(9-20-13)14(16)17/h4-9H,3H2,1-2H3,(H,16,17). The molecule has 1 N–H and O–H groups in total. The molecule has 0 aliphatic carbocycles. The number of nitrogens with zero attached hydrogens (tertiary/aromatic N) is 1. The van der Waals surface area contributed by atoms with Gasteiger partial charge in [-0.15, -0.1) is 11.3 Å². The lowest BCUT2D eigenvalue weighted by Crippen LogP contribution is -2.25. The molecule has 0 saturated carbocycles. The zero-order valence-electron chi connectivity index (χ0n) is 11.6. The molecule has 0 bridgehead atoms. The molecule has 0 amide bonds. The molecule has 112 valence electrons. The van der Waals surface area contributed by atoms with E-state index in [0.29, 0.717) is 5.69 Å². The average Bonchev–Trinajstić information content (AvgIpc) is 2.97. The molecule has 0 aliphatic heterocycles. The van der Waals surface area contributed by atoms with Crippen LogP contribution in [0.1, 0.15) is 22.8 Å². The van der Waals surface area contributed by atoms with Crippen molar-refractivity contribution in [3.8, 4) is 0 Å². The summed E-state index contributed by atoms with van der Waals surface area (Å²) < 4.78 is 26.1. The quantitative estimate of drug-likeness (QED) is 0.917. The normalized spacial score (nSPS) is 11.3. The van der Waals surface area contributed by atoms with Crippen LogP contribution in [-0.4, -0.2) is 26.5 Å². The van der Waals surface area contributed by atoms with Crippen molar-refractivity contribution in [2.75, 3.05) is 11.4 Å². The zero-order valence-corrected chi connectivity index (χ0v) is 13.2. The van der Waals surface area contributed by atoms with E-state index < -0.39 is 16.0 Å². The summed E-state index contributed by atoms with van der Waals surface area (Å²) in [5.74, 6) is -1.14. The maximum atomic E-state index is 12.5. The molecule has 0 radical (unpaired) electrons. The number of hydrogen-bond acceptors (Lipinski definition) is 4. The predicted molar refractivity (Wildman–Crippen MR) is 82.7 cm³/mol. The van der Waals surface area contributed by atoms with Crippen LogP contribution in [0.3, 0.4) is 0 Å². The Hall–Kier alpha value is -1.86. The van der Waals surface area contributed by atoms with Crippen molar-refractivity contribution in [2.45, 2.75) is 17.6 Å². The fourth-order valence-electron chi connectivity index (χ4n) is 1.78. The van der Waals surface area contributed by atoms with Crippen LogP contribution in [0.15, 0.2) is 39.9 Å². The summed E-state index contributed by atoms with van der Waals surface area (Å²) in [6.45, 7) is 2.02. The molecule has 0 aliphatic rings. The number of anilines is 1. The minimum atomic E-state index is -3.74. The van der Waals surface area contributed by atoms with Crippen LogP contribution in [0.4, 0.5) is 5.69 Å². The van der Waals surface area contributed by atoms with Gasteiger partial charge in [0.25, 0.3) is 10.0 Å². The molecule has 1 heterocycles. The summed E-state index contributed by atoms with van der Waals surface area (Å²) in [6, 6.07) is 8.40. The molecule has 2 aromatic rings. The van der Waals surface area contributed by atoms with E-state index in [2.05, 4.69) is 0 Å². The van der Waals surface area contributed by atoms with Crippen molar-refractivity contribution >= 4 is 33.0 Å².